The molecule has 4 aliphatic carbocycles. The van der Waals surface area contributed by atoms with E-state index < -0.39 is 0 Å². The minimum Gasteiger partial charge on any atom is -0.0804 e. The van der Waals surface area contributed by atoms with Crippen LogP contribution in [0.1, 0.15) is 40.7 Å². The first-order valence-electron chi connectivity index (χ1n) is 11.5. The molecule has 1 unspecified atom stereocenters. The van der Waals surface area contributed by atoms with E-state index in [-0.39, 0.29) is 5.41 Å². The summed E-state index contributed by atoms with van der Waals surface area (Å²) in [6.45, 7) is 0. The van der Waals surface area contributed by atoms with Gasteiger partial charge in [0.25, 0.3) is 0 Å². The van der Waals surface area contributed by atoms with Crippen molar-refractivity contribution in [3.05, 3.63) is 142 Å². The van der Waals surface area contributed by atoms with Gasteiger partial charge in [-0.1, -0.05) is 103 Å². The first kappa shape index (κ1) is 18.0. The Balaban J connectivity index is 1.41. The van der Waals surface area contributed by atoms with E-state index in [2.05, 4.69) is 109 Å². The lowest BCUT2D eigenvalue weighted by Gasteiger charge is -2.34. The Labute approximate surface area is 189 Å². The van der Waals surface area contributed by atoms with Crippen LogP contribution in [-0.2, 0) is 11.8 Å². The Kier molecular flexibility index (Phi) is 3.75. The summed E-state index contributed by atoms with van der Waals surface area (Å²) in [4.78, 5) is 0. The second-order valence-electron chi connectivity index (χ2n) is 9.15. The van der Waals surface area contributed by atoms with Crippen molar-refractivity contribution in [2.75, 3.05) is 0 Å². The van der Waals surface area contributed by atoms with Crippen molar-refractivity contribution in [2.24, 2.45) is 0 Å². The number of fused-ring (bicyclic) bond motifs is 4. The molecule has 3 aromatic carbocycles. The zero-order valence-electron chi connectivity index (χ0n) is 17.9. The van der Waals surface area contributed by atoms with Gasteiger partial charge >= 0.3 is 0 Å². The second kappa shape index (κ2) is 6.68. The lowest BCUT2D eigenvalue weighted by molar-refractivity contribution is 0.757. The van der Waals surface area contributed by atoms with Gasteiger partial charge in [0.05, 0.1) is 5.41 Å². The van der Waals surface area contributed by atoms with Crippen LogP contribution in [0.2, 0.25) is 0 Å². The van der Waals surface area contributed by atoms with Crippen LogP contribution in [0.5, 0.6) is 0 Å². The Hall–Kier alpha value is -3.64. The summed E-state index contributed by atoms with van der Waals surface area (Å²) >= 11 is 0. The normalized spacial score (nSPS) is 21.8. The van der Waals surface area contributed by atoms with Gasteiger partial charge in [-0.05, 0) is 81.0 Å². The topological polar surface area (TPSA) is 0 Å². The molecule has 0 spiro atoms. The summed E-state index contributed by atoms with van der Waals surface area (Å²) in [5.41, 5.74) is 13.6. The van der Waals surface area contributed by atoms with Crippen molar-refractivity contribution in [2.45, 2.75) is 24.7 Å². The molecule has 0 N–H and O–H groups in total. The molecule has 151 valence electrons. The summed E-state index contributed by atoms with van der Waals surface area (Å²) in [6.07, 6.45) is 19.2. The fraction of sp³-hybridized carbons (Fsp3) is 0.125. The maximum atomic E-state index is 3.84. The highest BCUT2D eigenvalue weighted by Crippen LogP contribution is 2.53. The van der Waals surface area contributed by atoms with Crippen LogP contribution in [0.15, 0.2) is 108 Å². The van der Waals surface area contributed by atoms with Gasteiger partial charge < -0.3 is 0 Å². The summed E-state index contributed by atoms with van der Waals surface area (Å²) in [6, 6.07) is 26.1. The van der Waals surface area contributed by atoms with E-state index in [1.165, 1.54) is 55.7 Å². The maximum absolute atomic E-state index is 3.84. The molecule has 0 nitrogen and oxygen atoms in total. The third-order valence-electron chi connectivity index (χ3n) is 7.56. The predicted molar refractivity (Wildman–Crippen MR) is 133 cm³/mol. The van der Waals surface area contributed by atoms with Crippen LogP contribution in [0.25, 0.3) is 22.8 Å². The molecule has 1 radical (unpaired) electrons. The lowest BCUT2D eigenvalue weighted by Crippen LogP contribution is -2.26. The fourth-order valence-corrected chi connectivity index (χ4v) is 6.10. The number of hydrogen-bond donors (Lipinski definition) is 0. The Morgan fingerprint density at radius 2 is 1.69 bits per heavy atom. The minimum absolute atomic E-state index is 0.182. The maximum Gasteiger partial charge on any atom is 0.0610 e. The van der Waals surface area contributed by atoms with Crippen molar-refractivity contribution in [1.82, 2.24) is 0 Å². The van der Waals surface area contributed by atoms with Gasteiger partial charge in [0.2, 0.25) is 0 Å². The van der Waals surface area contributed by atoms with Gasteiger partial charge in [-0.3, -0.25) is 0 Å². The van der Waals surface area contributed by atoms with E-state index in [1.54, 1.807) is 0 Å². The van der Waals surface area contributed by atoms with E-state index in [4.69, 9.17) is 0 Å². The first-order chi connectivity index (χ1) is 15.8. The second-order valence-corrected chi connectivity index (χ2v) is 9.15. The van der Waals surface area contributed by atoms with Gasteiger partial charge in [-0.2, -0.15) is 0 Å². The van der Waals surface area contributed by atoms with Crippen LogP contribution in [0.4, 0.5) is 0 Å². The molecule has 7 rings (SSSR count). The largest absolute Gasteiger partial charge is 0.0804 e. The number of rotatable bonds is 3. The molecule has 0 bridgehead atoms. The molecule has 0 heterocycles. The number of allylic oxidation sites excluding steroid dienone is 9. The standard InChI is InChI=1S/C32H23/c1-5-12-27-23(9-1)20-25-21-24(16-17-28(25)27)29-13-7-15-31(29)32(26-10-3-4-11-26)19-18-22-8-2-6-14-30(22)32/h1-10,12,14-19H,11,13,20H2. The molecular formula is C32H23. The predicted octanol–water partition coefficient (Wildman–Crippen LogP) is 7.62. The Morgan fingerprint density at radius 1 is 0.781 bits per heavy atom. The van der Waals surface area contributed by atoms with E-state index >= 15 is 0 Å². The highest BCUT2D eigenvalue weighted by molar-refractivity contribution is 5.86. The molecule has 0 aromatic heterocycles. The SMILES string of the molecule is [c]1c(C2=C(C3(C4=CC=CC4)C=Cc4ccccc43)C=CC2)ccc2c1Cc1ccccc1-2. The molecule has 32 heavy (non-hydrogen) atoms. The number of hydrogen-bond acceptors (Lipinski definition) is 0. The van der Waals surface area contributed by atoms with Gasteiger partial charge in [-0.15, -0.1) is 0 Å². The molecule has 0 heteroatoms. The van der Waals surface area contributed by atoms with E-state index in [1.807, 2.05) is 0 Å². The zero-order valence-corrected chi connectivity index (χ0v) is 17.9. The molecule has 4 aliphatic rings. The first-order valence-corrected chi connectivity index (χ1v) is 11.5. The Morgan fingerprint density at radius 3 is 2.62 bits per heavy atom. The van der Waals surface area contributed by atoms with Crippen LogP contribution in [-0.4, -0.2) is 0 Å². The average molecular weight is 408 g/mol. The van der Waals surface area contributed by atoms with E-state index in [0.29, 0.717) is 0 Å². The lowest BCUT2D eigenvalue weighted by atomic mass is 9.68. The van der Waals surface area contributed by atoms with Gasteiger partial charge in [0.1, 0.15) is 0 Å². The molecule has 0 aliphatic heterocycles. The summed E-state index contributed by atoms with van der Waals surface area (Å²) in [7, 11) is 0. The van der Waals surface area contributed by atoms with Crippen LogP contribution >= 0.6 is 0 Å². The monoisotopic (exact) mass is 407 g/mol. The highest BCUT2D eigenvalue weighted by Gasteiger charge is 2.42. The fourth-order valence-electron chi connectivity index (χ4n) is 6.10. The van der Waals surface area contributed by atoms with Crippen molar-refractivity contribution in [3.63, 3.8) is 0 Å². The van der Waals surface area contributed by atoms with Crippen molar-refractivity contribution in [1.29, 1.82) is 0 Å². The highest BCUT2D eigenvalue weighted by atomic mass is 14.4. The third kappa shape index (κ3) is 2.38. The summed E-state index contributed by atoms with van der Waals surface area (Å²) < 4.78 is 0. The van der Waals surface area contributed by atoms with Gasteiger partial charge in [-0.25, -0.2) is 0 Å². The van der Waals surface area contributed by atoms with Crippen molar-refractivity contribution in [3.8, 4) is 11.1 Å². The quantitative estimate of drug-likeness (QED) is 0.328. The Bertz CT molecular complexity index is 1440. The molecule has 0 saturated carbocycles. The molecule has 0 saturated heterocycles. The van der Waals surface area contributed by atoms with Crippen molar-refractivity contribution >= 4 is 11.6 Å². The van der Waals surface area contributed by atoms with E-state index in [9.17, 15) is 0 Å². The molecule has 0 amide bonds. The molecule has 3 aromatic rings. The van der Waals surface area contributed by atoms with Gasteiger partial charge in [0.15, 0.2) is 0 Å². The minimum atomic E-state index is -0.182. The van der Waals surface area contributed by atoms with E-state index in [0.717, 1.165) is 19.3 Å². The van der Waals surface area contributed by atoms with Crippen molar-refractivity contribution < 1.29 is 0 Å². The van der Waals surface area contributed by atoms with Crippen LogP contribution < -0.4 is 0 Å². The van der Waals surface area contributed by atoms with Gasteiger partial charge in [0, 0.05) is 0 Å². The zero-order chi connectivity index (χ0) is 21.1. The van der Waals surface area contributed by atoms with Crippen LogP contribution in [0, 0.1) is 6.07 Å². The molecule has 0 fully saturated rings. The molecule has 1 atom stereocenters. The number of benzene rings is 3. The van der Waals surface area contributed by atoms with Crippen LogP contribution in [0.3, 0.4) is 0 Å². The average Bonchev–Trinajstić information content (AvgIpc) is 3.63. The third-order valence-corrected chi connectivity index (χ3v) is 7.56. The summed E-state index contributed by atoms with van der Waals surface area (Å²) in [5.74, 6) is 0. The smallest absolute Gasteiger partial charge is 0.0610 e. The summed E-state index contributed by atoms with van der Waals surface area (Å²) in [5, 5.41) is 0. The molecular weight excluding hydrogens is 384 g/mol.